The van der Waals surface area contributed by atoms with Gasteiger partial charge in [-0.05, 0) is 19.1 Å². The standard InChI is InChI=1S/C12H10FN5.ClH/c1-6-12(10-5-11(14)18-17-10)16-9-4-7(13)2-3-8(9)15-6;/h2-5H,1H3,(H3,14,17,18);1H. The quantitative estimate of drug-likeness (QED) is 0.717. The Bertz CT molecular complexity index is 740. The minimum absolute atomic E-state index is 0. The van der Waals surface area contributed by atoms with Crippen molar-refractivity contribution in [2.45, 2.75) is 6.92 Å². The van der Waals surface area contributed by atoms with Crippen LogP contribution in [-0.2, 0) is 0 Å². The molecule has 1 aromatic carbocycles. The zero-order chi connectivity index (χ0) is 12.7. The maximum Gasteiger partial charge on any atom is 0.145 e. The number of nitrogens with one attached hydrogen (secondary N) is 1. The SMILES string of the molecule is Cc1nc2ccc(F)cc2nc1-c1cc(N)n[nH]1.Cl. The van der Waals surface area contributed by atoms with E-state index < -0.39 is 0 Å². The van der Waals surface area contributed by atoms with Gasteiger partial charge in [0.25, 0.3) is 0 Å². The number of nitrogens with two attached hydrogens (primary N) is 1. The molecule has 0 saturated carbocycles. The van der Waals surface area contributed by atoms with Crippen LogP contribution in [0.15, 0.2) is 24.3 Å². The van der Waals surface area contributed by atoms with Gasteiger partial charge in [-0.3, -0.25) is 5.10 Å². The van der Waals surface area contributed by atoms with Crippen LogP contribution in [0.25, 0.3) is 22.4 Å². The largest absolute Gasteiger partial charge is 0.382 e. The van der Waals surface area contributed by atoms with Gasteiger partial charge in [0.1, 0.15) is 17.3 Å². The second-order valence-corrected chi connectivity index (χ2v) is 4.00. The van der Waals surface area contributed by atoms with Crippen LogP contribution in [0.3, 0.4) is 0 Å². The number of fused-ring (bicyclic) bond motifs is 1. The Hall–Kier alpha value is -2.21. The highest BCUT2D eigenvalue weighted by Gasteiger charge is 2.10. The Labute approximate surface area is 114 Å². The first kappa shape index (κ1) is 13.2. The van der Waals surface area contributed by atoms with E-state index in [1.807, 2.05) is 6.92 Å². The molecular formula is C12H11ClFN5. The molecule has 0 radical (unpaired) electrons. The number of nitrogen functional groups attached to an aromatic ring is 1. The van der Waals surface area contributed by atoms with Gasteiger partial charge in [0.05, 0.1) is 22.4 Å². The minimum atomic E-state index is -0.337. The second-order valence-electron chi connectivity index (χ2n) is 4.00. The number of hydrogen-bond donors (Lipinski definition) is 2. The molecule has 3 rings (SSSR count). The average Bonchev–Trinajstić information content (AvgIpc) is 2.75. The van der Waals surface area contributed by atoms with Crippen LogP contribution in [0.1, 0.15) is 5.69 Å². The third kappa shape index (κ3) is 2.34. The van der Waals surface area contributed by atoms with E-state index in [4.69, 9.17) is 5.73 Å². The van der Waals surface area contributed by atoms with Crippen LogP contribution < -0.4 is 5.73 Å². The number of aromatic nitrogens is 4. The highest BCUT2D eigenvalue weighted by molar-refractivity contribution is 5.85. The third-order valence-corrected chi connectivity index (χ3v) is 2.65. The normalized spacial score (nSPS) is 10.4. The molecule has 0 unspecified atom stereocenters. The van der Waals surface area contributed by atoms with Crippen LogP contribution in [0.5, 0.6) is 0 Å². The number of hydrogen-bond acceptors (Lipinski definition) is 4. The van der Waals surface area contributed by atoms with Crippen molar-refractivity contribution >= 4 is 29.3 Å². The first-order chi connectivity index (χ1) is 8.63. The Balaban J connectivity index is 0.00000133. The van der Waals surface area contributed by atoms with Gasteiger partial charge in [0.15, 0.2) is 0 Å². The summed E-state index contributed by atoms with van der Waals surface area (Å²) in [5.74, 6) is 0.0428. The Morgan fingerprint density at radius 1 is 1.16 bits per heavy atom. The molecule has 3 aromatic rings. The number of rotatable bonds is 1. The first-order valence-electron chi connectivity index (χ1n) is 5.38. The maximum absolute atomic E-state index is 13.2. The van der Waals surface area contributed by atoms with Gasteiger partial charge in [-0.2, -0.15) is 5.10 Å². The van der Waals surface area contributed by atoms with E-state index >= 15 is 0 Å². The molecule has 2 heterocycles. The average molecular weight is 280 g/mol. The van der Waals surface area contributed by atoms with Crippen molar-refractivity contribution in [3.05, 3.63) is 35.8 Å². The molecule has 5 nitrogen and oxygen atoms in total. The Morgan fingerprint density at radius 3 is 2.63 bits per heavy atom. The lowest BCUT2D eigenvalue weighted by atomic mass is 10.2. The molecule has 0 aliphatic heterocycles. The molecule has 0 amide bonds. The van der Waals surface area contributed by atoms with E-state index in [9.17, 15) is 4.39 Å². The molecule has 7 heteroatoms. The van der Waals surface area contributed by atoms with Crippen molar-refractivity contribution < 1.29 is 4.39 Å². The highest BCUT2D eigenvalue weighted by atomic mass is 35.5. The maximum atomic E-state index is 13.2. The van der Waals surface area contributed by atoms with E-state index in [1.54, 1.807) is 12.1 Å². The molecule has 0 spiro atoms. The van der Waals surface area contributed by atoms with Crippen molar-refractivity contribution in [1.29, 1.82) is 0 Å². The van der Waals surface area contributed by atoms with Gasteiger partial charge in [-0.15, -0.1) is 12.4 Å². The second kappa shape index (κ2) is 4.81. The van der Waals surface area contributed by atoms with E-state index in [0.29, 0.717) is 28.2 Å². The lowest BCUT2D eigenvalue weighted by Crippen LogP contribution is -1.95. The number of aromatic amines is 1. The summed E-state index contributed by atoms with van der Waals surface area (Å²) in [4.78, 5) is 8.77. The van der Waals surface area contributed by atoms with Gasteiger partial charge >= 0.3 is 0 Å². The summed E-state index contributed by atoms with van der Waals surface area (Å²) in [6.07, 6.45) is 0. The van der Waals surface area contributed by atoms with Crippen LogP contribution in [0.2, 0.25) is 0 Å². The molecule has 0 saturated heterocycles. The van der Waals surface area contributed by atoms with Crippen molar-refractivity contribution in [2.24, 2.45) is 0 Å². The van der Waals surface area contributed by atoms with Gasteiger partial charge in [0.2, 0.25) is 0 Å². The van der Waals surface area contributed by atoms with Gasteiger partial charge < -0.3 is 5.73 Å². The van der Waals surface area contributed by atoms with Gasteiger partial charge in [-0.1, -0.05) is 0 Å². The van der Waals surface area contributed by atoms with E-state index in [0.717, 1.165) is 5.69 Å². The summed E-state index contributed by atoms with van der Waals surface area (Å²) in [6.45, 7) is 1.84. The summed E-state index contributed by atoms with van der Waals surface area (Å²) in [5.41, 5.74) is 8.74. The Kier molecular flexibility index (Phi) is 3.35. The Morgan fingerprint density at radius 2 is 1.95 bits per heavy atom. The summed E-state index contributed by atoms with van der Waals surface area (Å²) in [7, 11) is 0. The summed E-state index contributed by atoms with van der Waals surface area (Å²) in [6, 6.07) is 5.99. The fraction of sp³-hybridized carbons (Fsp3) is 0.0833. The summed E-state index contributed by atoms with van der Waals surface area (Å²) < 4.78 is 13.2. The lowest BCUT2D eigenvalue weighted by Gasteiger charge is -2.04. The summed E-state index contributed by atoms with van der Waals surface area (Å²) in [5, 5.41) is 6.61. The predicted molar refractivity (Wildman–Crippen MR) is 73.5 cm³/mol. The van der Waals surface area contributed by atoms with Crippen LogP contribution in [0, 0.1) is 12.7 Å². The smallest absolute Gasteiger partial charge is 0.145 e. The third-order valence-electron chi connectivity index (χ3n) is 2.65. The molecular weight excluding hydrogens is 269 g/mol. The van der Waals surface area contributed by atoms with Crippen LogP contribution >= 0.6 is 12.4 Å². The van der Waals surface area contributed by atoms with Gasteiger partial charge in [0, 0.05) is 12.1 Å². The zero-order valence-electron chi connectivity index (χ0n) is 10.0. The first-order valence-corrected chi connectivity index (χ1v) is 5.38. The molecule has 19 heavy (non-hydrogen) atoms. The van der Waals surface area contributed by atoms with Crippen LogP contribution in [0.4, 0.5) is 10.2 Å². The lowest BCUT2D eigenvalue weighted by molar-refractivity contribution is 0.629. The monoisotopic (exact) mass is 279 g/mol. The predicted octanol–water partition coefficient (Wildman–Crippen LogP) is 2.47. The molecule has 0 aliphatic carbocycles. The summed E-state index contributed by atoms with van der Waals surface area (Å²) >= 11 is 0. The number of H-pyrrole nitrogens is 1. The molecule has 98 valence electrons. The molecule has 2 aromatic heterocycles. The number of anilines is 1. The molecule has 0 atom stereocenters. The topological polar surface area (TPSA) is 80.5 Å². The number of benzene rings is 1. The minimum Gasteiger partial charge on any atom is -0.382 e. The molecule has 3 N–H and O–H groups in total. The fourth-order valence-corrected chi connectivity index (χ4v) is 1.83. The number of aryl methyl sites for hydroxylation is 1. The number of nitrogens with zero attached hydrogens (tertiary/aromatic N) is 3. The van der Waals surface area contributed by atoms with E-state index in [2.05, 4.69) is 20.2 Å². The van der Waals surface area contributed by atoms with Crippen molar-refractivity contribution in [3.8, 4) is 11.4 Å². The molecule has 0 aliphatic rings. The van der Waals surface area contributed by atoms with E-state index in [-0.39, 0.29) is 18.2 Å². The molecule has 0 fully saturated rings. The van der Waals surface area contributed by atoms with Crippen molar-refractivity contribution in [3.63, 3.8) is 0 Å². The fourth-order valence-electron chi connectivity index (χ4n) is 1.83. The van der Waals surface area contributed by atoms with Crippen molar-refractivity contribution in [1.82, 2.24) is 20.2 Å². The zero-order valence-corrected chi connectivity index (χ0v) is 10.8. The van der Waals surface area contributed by atoms with Crippen molar-refractivity contribution in [2.75, 3.05) is 5.73 Å². The van der Waals surface area contributed by atoms with E-state index in [1.165, 1.54) is 12.1 Å². The number of halogens is 2. The van der Waals surface area contributed by atoms with Crippen LogP contribution in [-0.4, -0.2) is 20.2 Å². The molecule has 0 bridgehead atoms. The highest BCUT2D eigenvalue weighted by Crippen LogP contribution is 2.22. The van der Waals surface area contributed by atoms with Gasteiger partial charge in [-0.25, -0.2) is 14.4 Å².